The highest BCUT2D eigenvalue weighted by atomic mass is 16.5. The summed E-state index contributed by atoms with van der Waals surface area (Å²) in [5, 5.41) is 0. The molecule has 0 spiro atoms. The molecular weight excluding hydrogens is 400 g/mol. The maximum absolute atomic E-state index is 13.8. The second-order valence-electron chi connectivity index (χ2n) is 8.94. The lowest BCUT2D eigenvalue weighted by atomic mass is 9.91. The van der Waals surface area contributed by atoms with E-state index in [-0.39, 0.29) is 24.4 Å². The average Bonchev–Trinajstić information content (AvgIpc) is 2.83. The molecule has 1 saturated heterocycles. The third kappa shape index (κ3) is 5.14. The first-order valence-corrected chi connectivity index (χ1v) is 12.0. The molecule has 0 aromatic heterocycles. The minimum absolute atomic E-state index is 0.0206. The molecule has 2 aromatic carbocycles. The number of carbonyl (C=O) groups excluding carboxylic acids is 2. The summed E-state index contributed by atoms with van der Waals surface area (Å²) in [5.41, 5.74) is 1.88. The Bertz CT molecular complexity index is 891. The molecule has 0 bridgehead atoms. The van der Waals surface area contributed by atoms with Crippen molar-refractivity contribution in [3.05, 3.63) is 65.7 Å². The van der Waals surface area contributed by atoms with Gasteiger partial charge in [0.1, 0.15) is 18.3 Å². The van der Waals surface area contributed by atoms with Gasteiger partial charge in [-0.15, -0.1) is 0 Å². The maximum atomic E-state index is 13.8. The van der Waals surface area contributed by atoms with E-state index in [2.05, 4.69) is 6.92 Å². The Morgan fingerprint density at radius 2 is 1.66 bits per heavy atom. The molecule has 5 heteroatoms. The van der Waals surface area contributed by atoms with E-state index >= 15 is 0 Å². The fraction of sp³-hybridized carbons (Fsp3) is 0.481. The largest absolute Gasteiger partial charge is 0.494 e. The van der Waals surface area contributed by atoms with E-state index in [1.807, 2.05) is 59.5 Å². The van der Waals surface area contributed by atoms with E-state index in [1.165, 1.54) is 6.42 Å². The van der Waals surface area contributed by atoms with Gasteiger partial charge in [0.25, 0.3) is 5.91 Å². The summed E-state index contributed by atoms with van der Waals surface area (Å²) in [4.78, 5) is 30.7. The molecule has 1 aliphatic carbocycles. The van der Waals surface area contributed by atoms with Gasteiger partial charge in [0.15, 0.2) is 0 Å². The highest BCUT2D eigenvalue weighted by Gasteiger charge is 2.42. The Balaban J connectivity index is 1.60. The van der Waals surface area contributed by atoms with Gasteiger partial charge < -0.3 is 14.5 Å². The van der Waals surface area contributed by atoms with Crippen LogP contribution in [0, 0.1) is 0 Å². The van der Waals surface area contributed by atoms with Crippen molar-refractivity contribution in [3.8, 4) is 5.75 Å². The van der Waals surface area contributed by atoms with E-state index in [0.29, 0.717) is 13.2 Å². The molecule has 32 heavy (non-hydrogen) atoms. The smallest absolute Gasteiger partial charge is 0.250 e. The molecule has 2 fully saturated rings. The Morgan fingerprint density at radius 1 is 0.938 bits per heavy atom. The van der Waals surface area contributed by atoms with E-state index < -0.39 is 6.04 Å². The molecule has 2 aliphatic rings. The molecular formula is C27H34N2O3. The van der Waals surface area contributed by atoms with E-state index in [1.54, 1.807) is 4.90 Å². The van der Waals surface area contributed by atoms with Gasteiger partial charge in [-0.3, -0.25) is 9.59 Å². The molecule has 1 heterocycles. The molecule has 0 radical (unpaired) electrons. The first-order valence-electron chi connectivity index (χ1n) is 12.0. The van der Waals surface area contributed by atoms with Crippen LogP contribution in [0.15, 0.2) is 54.6 Å². The number of hydrogen-bond acceptors (Lipinski definition) is 3. The van der Waals surface area contributed by atoms with Crippen LogP contribution in [0.4, 0.5) is 0 Å². The second-order valence-corrected chi connectivity index (χ2v) is 8.94. The zero-order valence-electron chi connectivity index (χ0n) is 19.0. The van der Waals surface area contributed by atoms with Crippen molar-refractivity contribution in [2.24, 2.45) is 0 Å². The van der Waals surface area contributed by atoms with Gasteiger partial charge >= 0.3 is 0 Å². The van der Waals surface area contributed by atoms with E-state index in [0.717, 1.165) is 55.4 Å². The third-order valence-electron chi connectivity index (χ3n) is 6.63. The zero-order valence-corrected chi connectivity index (χ0v) is 19.0. The van der Waals surface area contributed by atoms with Crippen molar-refractivity contribution in [3.63, 3.8) is 0 Å². The Labute approximate surface area is 191 Å². The SMILES string of the molecule is CCCCOc1ccc(C2C(=O)N(C3CCCCC3)CC(=O)N2Cc2ccccc2)cc1. The lowest BCUT2D eigenvalue weighted by Gasteiger charge is -2.44. The normalized spacial score (nSPS) is 20.0. The predicted molar refractivity (Wildman–Crippen MR) is 125 cm³/mol. The van der Waals surface area contributed by atoms with Crippen LogP contribution in [0.3, 0.4) is 0 Å². The highest BCUT2D eigenvalue weighted by Crippen LogP contribution is 2.34. The topological polar surface area (TPSA) is 49.9 Å². The van der Waals surface area contributed by atoms with Crippen molar-refractivity contribution >= 4 is 11.8 Å². The summed E-state index contributed by atoms with van der Waals surface area (Å²) in [5.74, 6) is 0.870. The number of rotatable bonds is 8. The van der Waals surface area contributed by atoms with Crippen molar-refractivity contribution in [2.75, 3.05) is 13.2 Å². The van der Waals surface area contributed by atoms with Gasteiger partial charge in [0.2, 0.25) is 5.91 Å². The number of piperazine rings is 1. The third-order valence-corrected chi connectivity index (χ3v) is 6.63. The quantitative estimate of drug-likeness (QED) is 0.543. The van der Waals surface area contributed by atoms with Gasteiger partial charge in [-0.1, -0.05) is 75.1 Å². The van der Waals surface area contributed by atoms with Crippen LogP contribution in [0.1, 0.15) is 69.0 Å². The molecule has 1 atom stereocenters. The van der Waals surface area contributed by atoms with Crippen LogP contribution in [0.5, 0.6) is 5.75 Å². The van der Waals surface area contributed by atoms with Crippen LogP contribution in [0.25, 0.3) is 0 Å². The molecule has 2 aromatic rings. The van der Waals surface area contributed by atoms with Crippen molar-refractivity contribution in [2.45, 2.75) is 70.5 Å². The number of unbranched alkanes of at least 4 members (excludes halogenated alkanes) is 1. The van der Waals surface area contributed by atoms with Crippen LogP contribution in [0.2, 0.25) is 0 Å². The highest BCUT2D eigenvalue weighted by molar-refractivity contribution is 5.95. The first kappa shape index (κ1) is 22.4. The van der Waals surface area contributed by atoms with Crippen LogP contribution < -0.4 is 4.74 Å². The van der Waals surface area contributed by atoms with Gasteiger partial charge in [0.05, 0.1) is 6.61 Å². The van der Waals surface area contributed by atoms with Crippen molar-refractivity contribution < 1.29 is 14.3 Å². The second kappa shape index (κ2) is 10.7. The molecule has 1 unspecified atom stereocenters. The fourth-order valence-corrected chi connectivity index (χ4v) is 4.81. The first-order chi connectivity index (χ1) is 15.7. The van der Waals surface area contributed by atoms with Gasteiger partial charge in [-0.05, 0) is 42.5 Å². The van der Waals surface area contributed by atoms with Gasteiger partial charge in [0, 0.05) is 12.6 Å². The summed E-state index contributed by atoms with van der Waals surface area (Å²) in [6.07, 6.45) is 7.56. The number of nitrogens with zero attached hydrogens (tertiary/aromatic N) is 2. The van der Waals surface area contributed by atoms with Crippen LogP contribution in [-0.4, -0.2) is 40.8 Å². The minimum Gasteiger partial charge on any atom is -0.494 e. The molecule has 5 nitrogen and oxygen atoms in total. The molecule has 1 saturated carbocycles. The molecule has 4 rings (SSSR count). The molecule has 2 amide bonds. The lowest BCUT2D eigenvalue weighted by Crippen LogP contribution is -2.58. The lowest BCUT2D eigenvalue weighted by molar-refractivity contribution is -0.160. The summed E-state index contributed by atoms with van der Waals surface area (Å²) < 4.78 is 5.80. The van der Waals surface area contributed by atoms with Crippen LogP contribution in [-0.2, 0) is 16.1 Å². The fourth-order valence-electron chi connectivity index (χ4n) is 4.81. The summed E-state index contributed by atoms with van der Waals surface area (Å²) in [7, 11) is 0. The minimum atomic E-state index is -0.594. The monoisotopic (exact) mass is 434 g/mol. The Kier molecular flexibility index (Phi) is 7.46. The number of hydrogen-bond donors (Lipinski definition) is 0. The number of carbonyl (C=O) groups is 2. The predicted octanol–water partition coefficient (Wildman–Crippen LogP) is 5.11. The van der Waals surface area contributed by atoms with Crippen molar-refractivity contribution in [1.29, 1.82) is 0 Å². The summed E-state index contributed by atoms with van der Waals surface area (Å²) >= 11 is 0. The summed E-state index contributed by atoms with van der Waals surface area (Å²) in [6, 6.07) is 17.2. The molecule has 1 aliphatic heterocycles. The van der Waals surface area contributed by atoms with Gasteiger partial charge in [-0.2, -0.15) is 0 Å². The zero-order chi connectivity index (χ0) is 22.3. The van der Waals surface area contributed by atoms with E-state index in [4.69, 9.17) is 4.74 Å². The van der Waals surface area contributed by atoms with Crippen molar-refractivity contribution in [1.82, 2.24) is 9.80 Å². The number of benzene rings is 2. The Morgan fingerprint density at radius 3 is 2.34 bits per heavy atom. The number of amides is 2. The molecule has 0 N–H and O–H groups in total. The van der Waals surface area contributed by atoms with Gasteiger partial charge in [-0.25, -0.2) is 0 Å². The van der Waals surface area contributed by atoms with Crippen LogP contribution >= 0.6 is 0 Å². The Hall–Kier alpha value is -2.82. The number of ether oxygens (including phenoxy) is 1. The van der Waals surface area contributed by atoms with E-state index in [9.17, 15) is 9.59 Å². The molecule has 170 valence electrons. The standard InChI is InChI=1S/C27H34N2O3/c1-2-3-18-32-24-16-14-22(15-17-24)26-27(31)28(23-12-8-5-9-13-23)20-25(30)29(26)19-21-10-6-4-7-11-21/h4,6-7,10-11,14-17,23,26H,2-3,5,8-9,12-13,18-20H2,1H3. The average molecular weight is 435 g/mol. The summed E-state index contributed by atoms with van der Waals surface area (Å²) in [6.45, 7) is 3.44. The maximum Gasteiger partial charge on any atom is 0.250 e.